The molecule has 0 spiro atoms. The number of fused-ring (bicyclic) bond motifs is 1. The summed E-state index contributed by atoms with van der Waals surface area (Å²) >= 11 is 6.10. The van der Waals surface area contributed by atoms with E-state index in [-0.39, 0.29) is 11.7 Å². The van der Waals surface area contributed by atoms with Gasteiger partial charge >= 0.3 is 0 Å². The fraction of sp³-hybridized carbons (Fsp3) is 0.250. The van der Waals surface area contributed by atoms with E-state index in [2.05, 4.69) is 19.4 Å². The van der Waals surface area contributed by atoms with Crippen molar-refractivity contribution in [2.75, 3.05) is 13.1 Å². The van der Waals surface area contributed by atoms with Gasteiger partial charge in [-0.25, -0.2) is 0 Å². The van der Waals surface area contributed by atoms with Gasteiger partial charge in [0.25, 0.3) is 5.91 Å². The van der Waals surface area contributed by atoms with E-state index in [1.165, 1.54) is 4.52 Å². The van der Waals surface area contributed by atoms with Crippen LogP contribution >= 0.6 is 20.8 Å². The second-order valence-corrected chi connectivity index (χ2v) is 9.93. The van der Waals surface area contributed by atoms with Gasteiger partial charge in [-0.05, 0) is 49.1 Å². The van der Waals surface area contributed by atoms with Gasteiger partial charge < -0.3 is 10.0 Å². The average molecular weight is 480 g/mol. The molecule has 1 fully saturated rings. The van der Waals surface area contributed by atoms with E-state index in [0.717, 1.165) is 27.9 Å². The Morgan fingerprint density at radius 3 is 2.45 bits per heavy atom. The smallest absolute Gasteiger partial charge is 0.293 e. The molecule has 9 heteroatoms. The summed E-state index contributed by atoms with van der Waals surface area (Å²) in [7, 11) is 2.47. The number of benzene rings is 2. The SMILES string of the molecule is Cc1ccccc1-c1nn2c(C(=O)N3CCC(O)(P)CC3)nnc2cc1-c1ccc(Cl)cc1. The number of hydrogen-bond donors (Lipinski definition) is 1. The molecule has 1 amide bonds. The molecule has 33 heavy (non-hydrogen) atoms. The summed E-state index contributed by atoms with van der Waals surface area (Å²) in [6.45, 7) is 2.92. The normalized spacial score (nSPS) is 15.7. The Morgan fingerprint density at radius 1 is 1.06 bits per heavy atom. The topological polar surface area (TPSA) is 83.6 Å². The number of carbonyl (C=O) groups excluding carboxylic acids is 1. The maximum Gasteiger partial charge on any atom is 0.293 e. The predicted octanol–water partition coefficient (Wildman–Crippen LogP) is 4.22. The maximum absolute atomic E-state index is 13.3. The maximum atomic E-state index is 13.3. The highest BCUT2D eigenvalue weighted by Crippen LogP contribution is 2.34. The quantitative estimate of drug-likeness (QED) is 0.445. The molecule has 0 radical (unpaired) electrons. The third kappa shape index (κ3) is 4.24. The molecule has 3 heterocycles. The Balaban J connectivity index is 1.64. The van der Waals surface area contributed by atoms with Crippen molar-refractivity contribution in [2.45, 2.75) is 25.1 Å². The first kappa shape index (κ1) is 22.0. The third-order valence-corrected chi connectivity index (χ3v) is 6.89. The van der Waals surface area contributed by atoms with Crippen molar-refractivity contribution in [3.8, 4) is 22.4 Å². The Morgan fingerprint density at radius 2 is 1.76 bits per heavy atom. The Labute approximate surface area is 198 Å². The van der Waals surface area contributed by atoms with E-state index >= 15 is 0 Å². The lowest BCUT2D eigenvalue weighted by Crippen LogP contribution is -2.44. The van der Waals surface area contributed by atoms with Crippen molar-refractivity contribution >= 4 is 32.4 Å². The Hall–Kier alpha value is -2.86. The molecule has 1 aliphatic heterocycles. The minimum absolute atomic E-state index is 0.164. The molecule has 1 saturated heterocycles. The summed E-state index contributed by atoms with van der Waals surface area (Å²) in [6.07, 6.45) is 0.978. The first-order valence-electron chi connectivity index (χ1n) is 10.7. The van der Waals surface area contributed by atoms with Gasteiger partial charge in [0.05, 0.1) is 11.0 Å². The molecule has 1 atom stereocenters. The zero-order valence-electron chi connectivity index (χ0n) is 18.1. The molecular weight excluding hydrogens is 457 g/mol. The number of carbonyl (C=O) groups is 1. The monoisotopic (exact) mass is 479 g/mol. The molecule has 5 rings (SSSR count). The summed E-state index contributed by atoms with van der Waals surface area (Å²) in [5.41, 5.74) is 5.07. The second-order valence-electron chi connectivity index (χ2n) is 8.42. The number of piperidine rings is 1. The molecule has 1 unspecified atom stereocenters. The number of hydrogen-bond acceptors (Lipinski definition) is 5. The summed E-state index contributed by atoms with van der Waals surface area (Å²) in [4.78, 5) is 14.9. The fourth-order valence-electron chi connectivity index (χ4n) is 4.09. The molecule has 1 aliphatic rings. The van der Waals surface area contributed by atoms with Gasteiger partial charge in [-0.15, -0.1) is 19.4 Å². The van der Waals surface area contributed by atoms with Crippen molar-refractivity contribution in [2.24, 2.45) is 0 Å². The van der Waals surface area contributed by atoms with Crippen LogP contribution in [-0.4, -0.2) is 54.2 Å². The van der Waals surface area contributed by atoms with Gasteiger partial charge in [-0.1, -0.05) is 48.0 Å². The fourth-order valence-corrected chi connectivity index (χ4v) is 4.47. The minimum atomic E-state index is -0.826. The minimum Gasteiger partial charge on any atom is -0.386 e. The first-order valence-corrected chi connectivity index (χ1v) is 11.7. The summed E-state index contributed by atoms with van der Waals surface area (Å²) in [5, 5.41) is 23.3. The van der Waals surface area contributed by atoms with Gasteiger partial charge in [0.1, 0.15) is 0 Å². The van der Waals surface area contributed by atoms with Crippen LogP contribution in [0.4, 0.5) is 0 Å². The van der Waals surface area contributed by atoms with E-state index in [1.54, 1.807) is 4.90 Å². The van der Waals surface area contributed by atoms with E-state index in [9.17, 15) is 9.90 Å². The van der Waals surface area contributed by atoms with Crippen molar-refractivity contribution in [1.29, 1.82) is 0 Å². The van der Waals surface area contributed by atoms with E-state index in [0.29, 0.717) is 36.6 Å². The van der Waals surface area contributed by atoms with Crippen molar-refractivity contribution in [1.82, 2.24) is 24.7 Å². The van der Waals surface area contributed by atoms with Gasteiger partial charge in [0.15, 0.2) is 5.65 Å². The summed E-state index contributed by atoms with van der Waals surface area (Å²) in [5.74, 6) is -0.0813. The third-order valence-electron chi connectivity index (χ3n) is 6.06. The van der Waals surface area contributed by atoms with Gasteiger partial charge in [-0.2, -0.15) is 9.61 Å². The Bertz CT molecular complexity index is 1340. The summed E-state index contributed by atoms with van der Waals surface area (Å²) < 4.78 is 1.52. The van der Waals surface area contributed by atoms with Crippen LogP contribution in [0.5, 0.6) is 0 Å². The van der Waals surface area contributed by atoms with Crippen LogP contribution in [0.15, 0.2) is 54.6 Å². The zero-order chi connectivity index (χ0) is 23.2. The van der Waals surface area contributed by atoms with Crippen LogP contribution in [0, 0.1) is 6.92 Å². The highest BCUT2D eigenvalue weighted by Gasteiger charge is 2.32. The van der Waals surface area contributed by atoms with Crippen LogP contribution in [0.1, 0.15) is 29.0 Å². The second kappa shape index (κ2) is 8.49. The highest BCUT2D eigenvalue weighted by atomic mass is 35.5. The van der Waals surface area contributed by atoms with Crippen molar-refractivity contribution in [3.63, 3.8) is 0 Å². The Kier molecular flexibility index (Phi) is 5.65. The number of aliphatic hydroxyl groups is 1. The van der Waals surface area contributed by atoms with Crippen LogP contribution in [0.25, 0.3) is 28.0 Å². The lowest BCUT2D eigenvalue weighted by Gasteiger charge is -2.35. The first-order chi connectivity index (χ1) is 15.8. The van der Waals surface area contributed by atoms with Crippen LogP contribution in [-0.2, 0) is 0 Å². The van der Waals surface area contributed by atoms with Crippen LogP contribution in [0.3, 0.4) is 0 Å². The van der Waals surface area contributed by atoms with E-state index < -0.39 is 5.34 Å². The average Bonchev–Trinajstić information content (AvgIpc) is 3.22. The number of amides is 1. The van der Waals surface area contributed by atoms with Crippen molar-refractivity contribution in [3.05, 3.63) is 71.0 Å². The molecule has 2 aromatic carbocycles. The van der Waals surface area contributed by atoms with Crippen LogP contribution < -0.4 is 0 Å². The number of aryl methyl sites for hydroxylation is 1. The largest absolute Gasteiger partial charge is 0.386 e. The molecule has 4 aromatic rings. The van der Waals surface area contributed by atoms with E-state index in [4.69, 9.17) is 16.7 Å². The van der Waals surface area contributed by atoms with Crippen LogP contribution in [0.2, 0.25) is 5.02 Å². The lowest BCUT2D eigenvalue weighted by molar-refractivity contribution is 0.0410. The summed E-state index contributed by atoms with van der Waals surface area (Å²) in [6, 6.07) is 17.5. The molecule has 7 nitrogen and oxygen atoms in total. The standard InChI is InChI=1S/C24H23ClN5O2P/c1-15-4-2-3-5-18(15)21-19(16-6-8-17(25)9-7-16)14-20-26-27-22(30(20)28-21)23(31)29-12-10-24(32,33)11-13-29/h2-9,14,32H,10-13,33H2,1H3. The molecule has 0 saturated carbocycles. The number of halogens is 1. The van der Waals surface area contributed by atoms with Gasteiger partial charge in [0.2, 0.25) is 5.82 Å². The van der Waals surface area contributed by atoms with Crippen molar-refractivity contribution < 1.29 is 9.90 Å². The molecule has 0 aliphatic carbocycles. The zero-order valence-corrected chi connectivity index (χ0v) is 20.0. The predicted molar refractivity (Wildman–Crippen MR) is 131 cm³/mol. The van der Waals surface area contributed by atoms with Gasteiger partial charge in [-0.3, -0.25) is 4.79 Å². The molecular formula is C24H23ClN5O2P. The number of aromatic nitrogens is 4. The number of likely N-dealkylation sites (tertiary alicyclic amines) is 1. The number of rotatable bonds is 3. The molecule has 2 aromatic heterocycles. The lowest BCUT2D eigenvalue weighted by atomic mass is 9.97. The number of nitrogens with zero attached hydrogens (tertiary/aromatic N) is 5. The molecule has 0 bridgehead atoms. The highest BCUT2D eigenvalue weighted by molar-refractivity contribution is 7.18. The molecule has 168 valence electrons. The van der Waals surface area contributed by atoms with E-state index in [1.807, 2.05) is 61.5 Å². The van der Waals surface area contributed by atoms with Gasteiger partial charge in [0, 0.05) is 29.2 Å². The molecule has 1 N–H and O–H groups in total.